The van der Waals surface area contributed by atoms with Crippen molar-refractivity contribution in [1.82, 2.24) is 5.32 Å². The average Bonchev–Trinajstić information content (AvgIpc) is 2.14. The number of hydrogen-bond donors (Lipinski definition) is 2. The highest BCUT2D eigenvalue weighted by atomic mass is 32.2. The Kier molecular flexibility index (Phi) is 4.11. The molecule has 0 atom stereocenters. The van der Waals surface area contributed by atoms with E-state index in [0.717, 1.165) is 6.26 Å². The fraction of sp³-hybridized carbons (Fsp3) is 0.364. The lowest BCUT2D eigenvalue weighted by Gasteiger charge is -2.12. The zero-order valence-corrected chi connectivity index (χ0v) is 10.8. The maximum absolute atomic E-state index is 11.8. The van der Waals surface area contributed by atoms with E-state index in [9.17, 15) is 13.2 Å². The highest BCUT2D eigenvalue weighted by Crippen LogP contribution is 2.16. The molecule has 94 valence electrons. The Morgan fingerprint density at radius 1 is 1.24 bits per heavy atom. The molecule has 1 amide bonds. The van der Waals surface area contributed by atoms with Gasteiger partial charge in [-0.3, -0.25) is 9.52 Å². The van der Waals surface area contributed by atoms with Crippen LogP contribution in [0.25, 0.3) is 0 Å². The van der Waals surface area contributed by atoms with Gasteiger partial charge < -0.3 is 5.32 Å². The molecule has 2 N–H and O–H groups in total. The van der Waals surface area contributed by atoms with E-state index >= 15 is 0 Å². The van der Waals surface area contributed by atoms with E-state index in [1.54, 1.807) is 24.3 Å². The van der Waals surface area contributed by atoms with Gasteiger partial charge >= 0.3 is 0 Å². The van der Waals surface area contributed by atoms with E-state index in [1.165, 1.54) is 0 Å². The molecule has 0 spiro atoms. The third-order valence-electron chi connectivity index (χ3n) is 1.89. The number of benzene rings is 1. The Labute approximate surface area is 101 Å². The molecule has 1 aromatic carbocycles. The Balaban J connectivity index is 3.04. The largest absolute Gasteiger partial charge is 0.350 e. The molecule has 6 heteroatoms. The molecule has 0 aliphatic heterocycles. The van der Waals surface area contributed by atoms with E-state index in [4.69, 9.17) is 0 Å². The summed E-state index contributed by atoms with van der Waals surface area (Å²) in [7, 11) is -3.39. The van der Waals surface area contributed by atoms with E-state index in [2.05, 4.69) is 10.0 Å². The van der Waals surface area contributed by atoms with E-state index in [-0.39, 0.29) is 17.6 Å². The molecule has 0 unspecified atom stereocenters. The number of rotatable bonds is 4. The number of carbonyl (C=O) groups excluding carboxylic acids is 1. The maximum atomic E-state index is 11.8. The van der Waals surface area contributed by atoms with Crippen molar-refractivity contribution < 1.29 is 13.2 Å². The minimum atomic E-state index is -3.39. The van der Waals surface area contributed by atoms with Gasteiger partial charge in [-0.15, -0.1) is 0 Å². The Morgan fingerprint density at radius 2 is 1.82 bits per heavy atom. The summed E-state index contributed by atoms with van der Waals surface area (Å²) < 4.78 is 24.6. The molecule has 0 fully saturated rings. The summed E-state index contributed by atoms with van der Waals surface area (Å²) in [5, 5.41) is 2.71. The number of nitrogens with one attached hydrogen (secondary N) is 2. The van der Waals surface area contributed by atoms with Crippen molar-refractivity contribution in [2.75, 3.05) is 11.0 Å². The number of hydrogen-bond acceptors (Lipinski definition) is 3. The van der Waals surface area contributed by atoms with Crippen LogP contribution < -0.4 is 10.0 Å². The summed E-state index contributed by atoms with van der Waals surface area (Å²) in [5.74, 6) is -0.299. The quantitative estimate of drug-likeness (QED) is 0.850. The van der Waals surface area contributed by atoms with Gasteiger partial charge in [-0.2, -0.15) is 0 Å². The second-order valence-corrected chi connectivity index (χ2v) is 5.80. The zero-order valence-electron chi connectivity index (χ0n) is 10.0. The van der Waals surface area contributed by atoms with Gasteiger partial charge in [0.2, 0.25) is 10.0 Å². The first-order valence-electron chi connectivity index (χ1n) is 5.17. The monoisotopic (exact) mass is 256 g/mol. The molecule has 0 bridgehead atoms. The molecule has 0 aliphatic carbocycles. The van der Waals surface area contributed by atoms with Gasteiger partial charge in [-0.05, 0) is 26.0 Å². The van der Waals surface area contributed by atoms with Crippen LogP contribution in [-0.2, 0) is 10.0 Å². The first-order chi connectivity index (χ1) is 7.79. The van der Waals surface area contributed by atoms with Crippen molar-refractivity contribution >= 4 is 21.6 Å². The first-order valence-corrected chi connectivity index (χ1v) is 7.06. The van der Waals surface area contributed by atoms with E-state index < -0.39 is 10.0 Å². The second kappa shape index (κ2) is 5.18. The van der Waals surface area contributed by atoms with E-state index in [1.807, 2.05) is 13.8 Å². The third kappa shape index (κ3) is 4.44. The first kappa shape index (κ1) is 13.5. The molecule has 1 rings (SSSR count). The van der Waals surface area contributed by atoms with Gasteiger partial charge in [0.1, 0.15) is 0 Å². The van der Waals surface area contributed by atoms with Crippen molar-refractivity contribution in [2.45, 2.75) is 19.9 Å². The lowest BCUT2D eigenvalue weighted by Crippen LogP contribution is -2.30. The van der Waals surface area contributed by atoms with Crippen molar-refractivity contribution in [3.8, 4) is 0 Å². The van der Waals surface area contributed by atoms with Gasteiger partial charge in [-0.25, -0.2) is 8.42 Å². The average molecular weight is 256 g/mol. The topological polar surface area (TPSA) is 75.3 Å². The fourth-order valence-electron chi connectivity index (χ4n) is 1.31. The van der Waals surface area contributed by atoms with Gasteiger partial charge in [-0.1, -0.05) is 12.1 Å². The molecular weight excluding hydrogens is 240 g/mol. The van der Waals surface area contributed by atoms with Crippen molar-refractivity contribution in [2.24, 2.45) is 0 Å². The third-order valence-corrected chi connectivity index (χ3v) is 2.48. The summed E-state index contributed by atoms with van der Waals surface area (Å²) >= 11 is 0. The van der Waals surface area contributed by atoms with Crippen molar-refractivity contribution in [3.05, 3.63) is 29.8 Å². The standard InChI is InChI=1S/C11H16N2O3S/c1-8(2)12-11(14)9-6-4-5-7-10(9)13-17(3,15)16/h4-8,13H,1-3H3,(H,12,14). The molecule has 0 heterocycles. The Hall–Kier alpha value is -1.56. The number of sulfonamides is 1. The Morgan fingerprint density at radius 3 is 2.35 bits per heavy atom. The van der Waals surface area contributed by atoms with Gasteiger partial charge in [0.05, 0.1) is 17.5 Å². The van der Waals surface area contributed by atoms with Crippen molar-refractivity contribution in [3.63, 3.8) is 0 Å². The second-order valence-electron chi connectivity index (χ2n) is 4.05. The van der Waals surface area contributed by atoms with Crippen LogP contribution in [0.5, 0.6) is 0 Å². The summed E-state index contributed by atoms with van der Waals surface area (Å²) in [6.07, 6.45) is 1.05. The van der Waals surface area contributed by atoms with Crippen LogP contribution in [0.1, 0.15) is 24.2 Å². The molecule has 0 aliphatic rings. The number of anilines is 1. The molecule has 17 heavy (non-hydrogen) atoms. The van der Waals surface area contributed by atoms with Crippen LogP contribution in [-0.4, -0.2) is 26.6 Å². The van der Waals surface area contributed by atoms with Crippen LogP contribution in [0.4, 0.5) is 5.69 Å². The van der Waals surface area contributed by atoms with Gasteiger partial charge in [0.25, 0.3) is 5.91 Å². The van der Waals surface area contributed by atoms with Gasteiger partial charge in [0.15, 0.2) is 0 Å². The molecule has 0 aromatic heterocycles. The summed E-state index contributed by atoms with van der Waals surface area (Å²) in [5.41, 5.74) is 0.597. The van der Waals surface area contributed by atoms with Gasteiger partial charge in [0, 0.05) is 6.04 Å². The molecular formula is C11H16N2O3S. The number of amides is 1. The molecule has 1 aromatic rings. The highest BCUT2D eigenvalue weighted by molar-refractivity contribution is 7.92. The minimum Gasteiger partial charge on any atom is -0.350 e. The lowest BCUT2D eigenvalue weighted by molar-refractivity contribution is 0.0944. The SMILES string of the molecule is CC(C)NC(=O)c1ccccc1NS(C)(=O)=O. The smallest absolute Gasteiger partial charge is 0.253 e. The highest BCUT2D eigenvalue weighted by Gasteiger charge is 2.13. The summed E-state index contributed by atoms with van der Waals surface area (Å²) in [6, 6.07) is 6.47. The predicted octanol–water partition coefficient (Wildman–Crippen LogP) is 1.20. The van der Waals surface area contributed by atoms with Crippen LogP contribution in [0, 0.1) is 0 Å². The molecule has 0 radical (unpaired) electrons. The normalized spacial score (nSPS) is 11.3. The molecule has 5 nitrogen and oxygen atoms in total. The number of para-hydroxylation sites is 1. The van der Waals surface area contributed by atoms with Crippen LogP contribution in [0.3, 0.4) is 0 Å². The maximum Gasteiger partial charge on any atom is 0.253 e. The minimum absolute atomic E-state index is 0.00575. The Bertz CT molecular complexity index is 509. The summed E-state index contributed by atoms with van der Waals surface area (Å²) in [6.45, 7) is 3.68. The summed E-state index contributed by atoms with van der Waals surface area (Å²) in [4.78, 5) is 11.8. The number of carbonyl (C=O) groups is 1. The van der Waals surface area contributed by atoms with E-state index in [0.29, 0.717) is 5.56 Å². The molecule has 0 saturated carbocycles. The van der Waals surface area contributed by atoms with Crippen LogP contribution >= 0.6 is 0 Å². The zero-order chi connectivity index (χ0) is 13.1. The predicted molar refractivity (Wildman–Crippen MR) is 67.5 cm³/mol. The van der Waals surface area contributed by atoms with Crippen LogP contribution in [0.2, 0.25) is 0 Å². The van der Waals surface area contributed by atoms with Crippen molar-refractivity contribution in [1.29, 1.82) is 0 Å². The fourth-order valence-corrected chi connectivity index (χ4v) is 1.89. The van der Waals surface area contributed by atoms with Crippen LogP contribution in [0.15, 0.2) is 24.3 Å². The molecule has 0 saturated heterocycles. The lowest BCUT2D eigenvalue weighted by atomic mass is 10.1.